The average molecular weight is 419 g/mol. The van der Waals surface area contributed by atoms with E-state index in [1.165, 1.54) is 5.56 Å². The minimum absolute atomic E-state index is 0.00690. The molecule has 1 aliphatic carbocycles. The fraction of sp³-hybridized carbons (Fsp3) is 0.429. The minimum atomic E-state index is -0.443. The SMILES string of the molecule is C=CC(Cc1ccc(C(=O)c2ccccc2)cc1)CC1CCCC1C(=O)OC(C)(C)C. The largest absolute Gasteiger partial charge is 0.460 e. The Balaban J connectivity index is 1.61. The molecule has 3 atom stereocenters. The van der Waals surface area contributed by atoms with Crippen LogP contribution in [0.4, 0.5) is 0 Å². The van der Waals surface area contributed by atoms with Gasteiger partial charge < -0.3 is 4.74 Å². The second-order valence-corrected chi connectivity index (χ2v) is 9.66. The molecule has 0 spiro atoms. The van der Waals surface area contributed by atoms with E-state index in [9.17, 15) is 9.59 Å². The number of ether oxygens (including phenoxy) is 1. The topological polar surface area (TPSA) is 43.4 Å². The molecule has 31 heavy (non-hydrogen) atoms. The number of carbonyl (C=O) groups excluding carboxylic acids is 2. The van der Waals surface area contributed by atoms with Crippen molar-refractivity contribution >= 4 is 11.8 Å². The quantitative estimate of drug-likeness (QED) is 0.283. The van der Waals surface area contributed by atoms with Gasteiger partial charge in [-0.15, -0.1) is 6.58 Å². The Kier molecular flexibility index (Phi) is 7.48. The van der Waals surface area contributed by atoms with E-state index in [2.05, 4.69) is 6.58 Å². The van der Waals surface area contributed by atoms with Crippen LogP contribution < -0.4 is 0 Å². The predicted molar refractivity (Wildman–Crippen MR) is 125 cm³/mol. The zero-order valence-electron chi connectivity index (χ0n) is 19.0. The van der Waals surface area contributed by atoms with E-state index < -0.39 is 5.60 Å². The Morgan fingerprint density at radius 2 is 1.68 bits per heavy atom. The highest BCUT2D eigenvalue weighted by Gasteiger charge is 2.36. The number of carbonyl (C=O) groups is 2. The fourth-order valence-corrected chi connectivity index (χ4v) is 4.51. The predicted octanol–water partition coefficient (Wildman–Crippen LogP) is 6.41. The third kappa shape index (κ3) is 6.40. The van der Waals surface area contributed by atoms with Gasteiger partial charge in [0.15, 0.2) is 5.78 Å². The van der Waals surface area contributed by atoms with E-state index in [4.69, 9.17) is 4.74 Å². The third-order valence-corrected chi connectivity index (χ3v) is 6.06. The lowest BCUT2D eigenvalue weighted by Gasteiger charge is -2.26. The van der Waals surface area contributed by atoms with E-state index in [-0.39, 0.29) is 17.7 Å². The normalized spacial score (nSPS) is 19.6. The lowest BCUT2D eigenvalue weighted by molar-refractivity contribution is -0.161. The van der Waals surface area contributed by atoms with Gasteiger partial charge in [0.1, 0.15) is 5.60 Å². The molecule has 2 aromatic carbocycles. The molecule has 1 fully saturated rings. The summed E-state index contributed by atoms with van der Waals surface area (Å²) in [6.45, 7) is 9.82. The summed E-state index contributed by atoms with van der Waals surface area (Å²) in [4.78, 5) is 25.2. The van der Waals surface area contributed by atoms with E-state index in [1.54, 1.807) is 0 Å². The molecule has 3 nitrogen and oxygen atoms in total. The molecule has 3 heteroatoms. The zero-order valence-corrected chi connectivity index (χ0v) is 19.0. The van der Waals surface area contributed by atoms with Crippen LogP contribution in [0.5, 0.6) is 0 Å². The van der Waals surface area contributed by atoms with E-state index in [0.29, 0.717) is 23.0 Å². The molecule has 2 aromatic rings. The maximum atomic E-state index is 12.6. The molecule has 0 radical (unpaired) electrons. The Bertz CT molecular complexity index is 890. The maximum Gasteiger partial charge on any atom is 0.309 e. The summed E-state index contributed by atoms with van der Waals surface area (Å²) in [5, 5.41) is 0. The van der Waals surface area contributed by atoms with Crippen LogP contribution in [0.3, 0.4) is 0 Å². The van der Waals surface area contributed by atoms with Crippen LogP contribution in [0, 0.1) is 17.8 Å². The van der Waals surface area contributed by atoms with E-state index >= 15 is 0 Å². The minimum Gasteiger partial charge on any atom is -0.460 e. The molecular formula is C28H34O3. The van der Waals surface area contributed by atoms with Crippen LogP contribution >= 0.6 is 0 Å². The Morgan fingerprint density at radius 3 is 2.29 bits per heavy atom. The molecule has 0 bridgehead atoms. The van der Waals surface area contributed by atoms with Gasteiger partial charge in [0.2, 0.25) is 0 Å². The first kappa shape index (κ1) is 23.0. The molecule has 3 rings (SSSR count). The van der Waals surface area contributed by atoms with Crippen LogP contribution in [0.25, 0.3) is 0 Å². The molecule has 3 unspecified atom stereocenters. The number of rotatable bonds is 8. The van der Waals surface area contributed by atoms with Gasteiger partial charge in [0, 0.05) is 11.1 Å². The van der Waals surface area contributed by atoms with E-state index in [0.717, 1.165) is 32.1 Å². The number of esters is 1. The average Bonchev–Trinajstić information content (AvgIpc) is 3.21. The van der Waals surface area contributed by atoms with Crippen LogP contribution in [0.1, 0.15) is 67.9 Å². The summed E-state index contributed by atoms with van der Waals surface area (Å²) in [5.74, 6) is 0.619. The standard InChI is InChI=1S/C28H34O3/c1-5-20(19-24-12-9-13-25(24)27(30)31-28(2,3)4)18-21-14-16-23(17-15-21)26(29)22-10-7-6-8-11-22/h5-8,10-11,14-17,20,24-25H,1,9,12-13,18-19H2,2-4H3. The van der Waals surface area contributed by atoms with Crippen molar-refractivity contribution in [2.24, 2.45) is 17.8 Å². The molecule has 0 heterocycles. The number of ketones is 1. The molecular weight excluding hydrogens is 384 g/mol. The number of benzene rings is 2. The number of allylic oxidation sites excluding steroid dienone is 1. The van der Waals surface area contributed by atoms with Gasteiger partial charge >= 0.3 is 5.97 Å². The van der Waals surface area contributed by atoms with Crippen molar-refractivity contribution in [3.05, 3.63) is 83.9 Å². The van der Waals surface area contributed by atoms with Crippen LogP contribution in [0.2, 0.25) is 0 Å². The molecule has 1 aliphatic rings. The van der Waals surface area contributed by atoms with Gasteiger partial charge in [0.05, 0.1) is 5.92 Å². The summed E-state index contributed by atoms with van der Waals surface area (Å²) >= 11 is 0. The summed E-state index contributed by atoms with van der Waals surface area (Å²) < 4.78 is 5.66. The maximum absolute atomic E-state index is 12.6. The van der Waals surface area contributed by atoms with Crippen molar-refractivity contribution in [2.45, 2.75) is 58.5 Å². The number of hydrogen-bond acceptors (Lipinski definition) is 3. The van der Waals surface area contributed by atoms with Gasteiger partial charge in [-0.25, -0.2) is 0 Å². The monoisotopic (exact) mass is 418 g/mol. The highest BCUT2D eigenvalue weighted by atomic mass is 16.6. The summed E-state index contributed by atoms with van der Waals surface area (Å²) in [5.41, 5.74) is 2.14. The van der Waals surface area contributed by atoms with Crippen LogP contribution in [0.15, 0.2) is 67.3 Å². The first-order valence-corrected chi connectivity index (χ1v) is 11.3. The second-order valence-electron chi connectivity index (χ2n) is 9.66. The molecule has 0 amide bonds. The molecule has 164 valence electrons. The van der Waals surface area contributed by atoms with Crippen LogP contribution in [-0.4, -0.2) is 17.4 Å². The Hall–Kier alpha value is -2.68. The van der Waals surface area contributed by atoms with Crippen molar-refractivity contribution in [2.75, 3.05) is 0 Å². The van der Waals surface area contributed by atoms with Gasteiger partial charge in [-0.3, -0.25) is 9.59 Å². The van der Waals surface area contributed by atoms with Gasteiger partial charge in [0.25, 0.3) is 0 Å². The van der Waals surface area contributed by atoms with Crippen molar-refractivity contribution < 1.29 is 14.3 Å². The number of hydrogen-bond donors (Lipinski definition) is 0. The lowest BCUT2D eigenvalue weighted by Crippen LogP contribution is -2.31. The fourth-order valence-electron chi connectivity index (χ4n) is 4.51. The smallest absolute Gasteiger partial charge is 0.309 e. The summed E-state index contributed by atoms with van der Waals surface area (Å²) in [6.07, 6.45) is 6.87. The first-order valence-electron chi connectivity index (χ1n) is 11.3. The third-order valence-electron chi connectivity index (χ3n) is 6.06. The second kappa shape index (κ2) is 10.1. The molecule has 1 saturated carbocycles. The van der Waals surface area contributed by atoms with Crippen LogP contribution in [-0.2, 0) is 16.0 Å². The van der Waals surface area contributed by atoms with Crippen molar-refractivity contribution in [3.63, 3.8) is 0 Å². The van der Waals surface area contributed by atoms with E-state index in [1.807, 2.05) is 81.4 Å². The summed E-state index contributed by atoms with van der Waals surface area (Å²) in [7, 11) is 0. The van der Waals surface area contributed by atoms with Gasteiger partial charge in [-0.1, -0.05) is 67.1 Å². The molecule has 0 saturated heterocycles. The van der Waals surface area contributed by atoms with Crippen molar-refractivity contribution in [1.82, 2.24) is 0 Å². The Labute approximate surface area is 186 Å². The Morgan fingerprint density at radius 1 is 1.03 bits per heavy atom. The first-order chi connectivity index (χ1) is 14.8. The van der Waals surface area contributed by atoms with Gasteiger partial charge in [-0.2, -0.15) is 0 Å². The highest BCUT2D eigenvalue weighted by molar-refractivity contribution is 6.08. The summed E-state index contributed by atoms with van der Waals surface area (Å²) in [6, 6.07) is 17.2. The van der Waals surface area contributed by atoms with Gasteiger partial charge in [-0.05, 0) is 63.9 Å². The molecule has 0 aromatic heterocycles. The lowest BCUT2D eigenvalue weighted by atomic mass is 9.84. The highest BCUT2D eigenvalue weighted by Crippen LogP contribution is 2.38. The molecule has 0 N–H and O–H groups in total. The van der Waals surface area contributed by atoms with Crippen molar-refractivity contribution in [1.29, 1.82) is 0 Å². The zero-order chi connectivity index (χ0) is 22.4. The molecule has 0 aliphatic heterocycles. The van der Waals surface area contributed by atoms with Crippen molar-refractivity contribution in [3.8, 4) is 0 Å².